The van der Waals surface area contributed by atoms with E-state index in [1.54, 1.807) is 10.7 Å². The smallest absolute Gasteiger partial charge is 0.148 e. The van der Waals surface area contributed by atoms with Crippen molar-refractivity contribution < 1.29 is 0 Å². The summed E-state index contributed by atoms with van der Waals surface area (Å²) in [5.74, 6) is 0.880. The van der Waals surface area contributed by atoms with Crippen molar-refractivity contribution >= 4 is 29.0 Å². The quantitative estimate of drug-likeness (QED) is 0.861. The SMILES string of the molecule is Clc1ccc(-n2ccc(NCCN3CCCCCC3)n2)cc1Cl. The minimum absolute atomic E-state index is 0.537. The molecule has 124 valence electrons. The number of anilines is 1. The Bertz CT molecular complexity index is 633. The van der Waals surface area contributed by atoms with Crippen LogP contribution in [0.15, 0.2) is 30.5 Å². The summed E-state index contributed by atoms with van der Waals surface area (Å²) in [5, 5.41) is 9.02. The summed E-state index contributed by atoms with van der Waals surface area (Å²) >= 11 is 12.0. The Morgan fingerprint density at radius 2 is 1.78 bits per heavy atom. The van der Waals surface area contributed by atoms with Gasteiger partial charge in [0.05, 0.1) is 15.7 Å². The molecule has 0 radical (unpaired) electrons. The molecule has 4 nitrogen and oxygen atoms in total. The second kappa shape index (κ2) is 8.04. The molecule has 1 saturated heterocycles. The molecule has 0 saturated carbocycles. The van der Waals surface area contributed by atoms with Crippen LogP contribution in [0.25, 0.3) is 5.69 Å². The molecule has 1 aliphatic rings. The van der Waals surface area contributed by atoms with Crippen LogP contribution >= 0.6 is 23.2 Å². The third-order valence-electron chi connectivity index (χ3n) is 4.19. The molecule has 1 aliphatic heterocycles. The predicted molar refractivity (Wildman–Crippen MR) is 97.0 cm³/mol. The summed E-state index contributed by atoms with van der Waals surface area (Å²) in [6.45, 7) is 4.43. The lowest BCUT2D eigenvalue weighted by molar-refractivity contribution is 0.296. The van der Waals surface area contributed by atoms with Crippen molar-refractivity contribution in [2.75, 3.05) is 31.5 Å². The van der Waals surface area contributed by atoms with E-state index >= 15 is 0 Å². The van der Waals surface area contributed by atoms with Gasteiger partial charge in [0, 0.05) is 25.4 Å². The first-order valence-corrected chi connectivity index (χ1v) is 8.95. The molecule has 3 rings (SSSR count). The molecule has 0 unspecified atom stereocenters. The second-order valence-electron chi connectivity index (χ2n) is 5.93. The van der Waals surface area contributed by atoms with Crippen LogP contribution in [0.5, 0.6) is 0 Å². The molecule has 2 aromatic rings. The van der Waals surface area contributed by atoms with Crippen LogP contribution in [-0.2, 0) is 0 Å². The zero-order valence-electron chi connectivity index (χ0n) is 13.1. The number of nitrogens with one attached hydrogen (secondary N) is 1. The van der Waals surface area contributed by atoms with Crippen LogP contribution in [0.3, 0.4) is 0 Å². The van der Waals surface area contributed by atoms with Crippen molar-refractivity contribution in [3.63, 3.8) is 0 Å². The fourth-order valence-electron chi connectivity index (χ4n) is 2.89. The Balaban J connectivity index is 1.53. The highest BCUT2D eigenvalue weighted by atomic mass is 35.5. The highest BCUT2D eigenvalue weighted by Crippen LogP contribution is 2.24. The minimum atomic E-state index is 0.537. The van der Waals surface area contributed by atoms with E-state index in [1.165, 1.54) is 38.8 Å². The number of halogens is 2. The lowest BCUT2D eigenvalue weighted by atomic mass is 10.2. The summed E-state index contributed by atoms with van der Waals surface area (Å²) in [6.07, 6.45) is 7.32. The fourth-order valence-corrected chi connectivity index (χ4v) is 3.18. The van der Waals surface area contributed by atoms with Gasteiger partial charge in [-0.2, -0.15) is 5.10 Å². The number of rotatable bonds is 5. The molecular formula is C17H22Cl2N4. The third-order valence-corrected chi connectivity index (χ3v) is 4.93. The van der Waals surface area contributed by atoms with Crippen LogP contribution in [-0.4, -0.2) is 40.9 Å². The molecule has 0 aliphatic carbocycles. The van der Waals surface area contributed by atoms with Gasteiger partial charge in [-0.05, 0) is 44.1 Å². The molecule has 0 bridgehead atoms. The Morgan fingerprint density at radius 1 is 1.00 bits per heavy atom. The van der Waals surface area contributed by atoms with Crippen molar-refractivity contribution in [3.8, 4) is 5.69 Å². The maximum absolute atomic E-state index is 6.06. The van der Waals surface area contributed by atoms with Gasteiger partial charge < -0.3 is 10.2 Å². The number of likely N-dealkylation sites (tertiary alicyclic amines) is 1. The maximum atomic E-state index is 6.06. The topological polar surface area (TPSA) is 33.1 Å². The van der Waals surface area contributed by atoms with Gasteiger partial charge in [0.2, 0.25) is 0 Å². The normalized spacial score (nSPS) is 16.3. The first-order chi connectivity index (χ1) is 11.2. The summed E-state index contributed by atoms with van der Waals surface area (Å²) in [7, 11) is 0. The first kappa shape index (κ1) is 16.6. The largest absolute Gasteiger partial charge is 0.367 e. The highest BCUT2D eigenvalue weighted by Gasteiger charge is 2.09. The van der Waals surface area contributed by atoms with Crippen LogP contribution < -0.4 is 5.32 Å². The zero-order valence-corrected chi connectivity index (χ0v) is 14.7. The first-order valence-electron chi connectivity index (χ1n) is 8.20. The van der Waals surface area contributed by atoms with E-state index in [0.29, 0.717) is 10.0 Å². The average Bonchev–Trinajstić information content (AvgIpc) is 2.86. The zero-order chi connectivity index (χ0) is 16.1. The molecule has 6 heteroatoms. The number of aromatic nitrogens is 2. The molecule has 1 N–H and O–H groups in total. The molecule has 0 atom stereocenters. The van der Waals surface area contributed by atoms with Crippen molar-refractivity contribution in [2.45, 2.75) is 25.7 Å². The second-order valence-corrected chi connectivity index (χ2v) is 6.74. The number of benzene rings is 1. The van der Waals surface area contributed by atoms with Crippen LogP contribution in [0, 0.1) is 0 Å². The van der Waals surface area contributed by atoms with E-state index in [0.717, 1.165) is 24.6 Å². The highest BCUT2D eigenvalue weighted by molar-refractivity contribution is 6.42. The summed E-state index contributed by atoms with van der Waals surface area (Å²) in [6, 6.07) is 7.48. The van der Waals surface area contributed by atoms with Gasteiger partial charge in [0.25, 0.3) is 0 Å². The Hall–Kier alpha value is -1.23. The summed E-state index contributed by atoms with van der Waals surface area (Å²) in [4.78, 5) is 2.54. The molecular weight excluding hydrogens is 331 g/mol. The van der Waals surface area contributed by atoms with Gasteiger partial charge in [-0.3, -0.25) is 0 Å². The molecule has 2 heterocycles. The van der Waals surface area contributed by atoms with Gasteiger partial charge in [0.1, 0.15) is 5.82 Å². The Morgan fingerprint density at radius 3 is 2.52 bits per heavy atom. The van der Waals surface area contributed by atoms with Crippen molar-refractivity contribution in [2.24, 2.45) is 0 Å². The lowest BCUT2D eigenvalue weighted by Crippen LogP contribution is -2.30. The van der Waals surface area contributed by atoms with Crippen molar-refractivity contribution in [1.29, 1.82) is 0 Å². The van der Waals surface area contributed by atoms with Gasteiger partial charge in [-0.1, -0.05) is 36.0 Å². The Labute approximate surface area is 147 Å². The van der Waals surface area contributed by atoms with E-state index < -0.39 is 0 Å². The monoisotopic (exact) mass is 352 g/mol. The van der Waals surface area contributed by atoms with E-state index in [9.17, 15) is 0 Å². The van der Waals surface area contributed by atoms with Gasteiger partial charge in [0.15, 0.2) is 0 Å². The lowest BCUT2D eigenvalue weighted by Gasteiger charge is -2.19. The van der Waals surface area contributed by atoms with Gasteiger partial charge in [-0.15, -0.1) is 0 Å². The van der Waals surface area contributed by atoms with Crippen LogP contribution in [0.1, 0.15) is 25.7 Å². The van der Waals surface area contributed by atoms with Crippen molar-refractivity contribution in [3.05, 3.63) is 40.5 Å². The van der Waals surface area contributed by atoms with E-state index in [2.05, 4.69) is 15.3 Å². The summed E-state index contributed by atoms with van der Waals surface area (Å²) < 4.78 is 1.80. The van der Waals surface area contributed by atoms with Gasteiger partial charge in [-0.25, -0.2) is 4.68 Å². The Kier molecular flexibility index (Phi) is 5.81. The van der Waals surface area contributed by atoms with Crippen LogP contribution in [0.4, 0.5) is 5.82 Å². The molecule has 23 heavy (non-hydrogen) atoms. The van der Waals surface area contributed by atoms with Crippen molar-refractivity contribution in [1.82, 2.24) is 14.7 Å². The average molecular weight is 353 g/mol. The predicted octanol–water partition coefficient (Wildman–Crippen LogP) is 4.47. The minimum Gasteiger partial charge on any atom is -0.367 e. The number of hydrogen-bond acceptors (Lipinski definition) is 3. The molecule has 1 aromatic carbocycles. The molecule has 1 fully saturated rings. The number of hydrogen-bond donors (Lipinski definition) is 1. The van der Waals surface area contributed by atoms with Gasteiger partial charge >= 0.3 is 0 Å². The number of nitrogens with zero attached hydrogens (tertiary/aromatic N) is 3. The van der Waals surface area contributed by atoms with E-state index in [4.69, 9.17) is 23.2 Å². The standard InChI is InChI=1S/C17H22Cl2N4/c18-15-6-5-14(13-16(15)19)23-11-7-17(21-23)20-8-12-22-9-3-1-2-4-10-22/h5-7,11,13H,1-4,8-10,12H2,(H,20,21). The third kappa shape index (κ3) is 4.63. The molecule has 1 aromatic heterocycles. The molecule has 0 spiro atoms. The van der Waals surface area contributed by atoms with Crippen LogP contribution in [0.2, 0.25) is 10.0 Å². The summed E-state index contributed by atoms with van der Waals surface area (Å²) in [5.41, 5.74) is 0.903. The maximum Gasteiger partial charge on any atom is 0.148 e. The molecule has 0 amide bonds. The van der Waals surface area contributed by atoms with E-state index in [-0.39, 0.29) is 0 Å². The fraction of sp³-hybridized carbons (Fsp3) is 0.471. The van der Waals surface area contributed by atoms with E-state index in [1.807, 2.05) is 24.4 Å².